The summed E-state index contributed by atoms with van der Waals surface area (Å²) in [5.74, 6) is -0.0787. The smallest absolute Gasteiger partial charge is 0.268 e. The van der Waals surface area contributed by atoms with E-state index in [1.807, 2.05) is 41.0 Å². The Hall–Kier alpha value is -3.27. The van der Waals surface area contributed by atoms with Crippen molar-refractivity contribution in [1.82, 2.24) is 9.88 Å². The molecular formula is C23H22N2O2. The molecule has 0 fully saturated rings. The van der Waals surface area contributed by atoms with E-state index in [9.17, 15) is 4.79 Å². The Morgan fingerprint density at radius 3 is 2.63 bits per heavy atom. The summed E-state index contributed by atoms with van der Waals surface area (Å²) in [5.41, 5.74) is 5.87. The molecule has 0 unspecified atom stereocenters. The number of nitrogens with one attached hydrogen (secondary N) is 1. The van der Waals surface area contributed by atoms with Crippen molar-refractivity contribution in [2.75, 3.05) is 6.54 Å². The van der Waals surface area contributed by atoms with Gasteiger partial charge in [0.1, 0.15) is 5.69 Å². The number of fused-ring (bicyclic) bond motifs is 1. The van der Waals surface area contributed by atoms with Gasteiger partial charge in [-0.15, -0.1) is 0 Å². The van der Waals surface area contributed by atoms with E-state index in [-0.39, 0.29) is 5.91 Å². The SMILES string of the molecule is Cc1cccc(Cn2c(C(=O)NCCc3ccccc3)cc3occc32)c1. The van der Waals surface area contributed by atoms with Gasteiger partial charge in [-0.3, -0.25) is 4.79 Å². The molecule has 0 atom stereocenters. The van der Waals surface area contributed by atoms with E-state index in [1.54, 1.807) is 6.26 Å². The molecular weight excluding hydrogens is 336 g/mol. The van der Waals surface area contributed by atoms with Gasteiger partial charge in [0, 0.05) is 25.2 Å². The third kappa shape index (κ3) is 3.80. The standard InChI is InChI=1S/C23H22N2O2/c1-17-6-5-9-19(14-17)16-25-20-11-13-27-22(20)15-21(25)23(26)24-12-10-18-7-3-2-4-8-18/h2-9,11,13-15H,10,12,16H2,1H3,(H,24,26). The molecule has 0 radical (unpaired) electrons. The average molecular weight is 358 g/mol. The lowest BCUT2D eigenvalue weighted by molar-refractivity contribution is 0.0945. The summed E-state index contributed by atoms with van der Waals surface area (Å²) in [6, 6.07) is 22.2. The summed E-state index contributed by atoms with van der Waals surface area (Å²) < 4.78 is 7.54. The van der Waals surface area contributed by atoms with E-state index in [0.29, 0.717) is 18.8 Å². The van der Waals surface area contributed by atoms with E-state index < -0.39 is 0 Å². The van der Waals surface area contributed by atoms with Crippen molar-refractivity contribution in [3.05, 3.63) is 95.4 Å². The molecule has 4 rings (SSSR count). The number of hydrogen-bond donors (Lipinski definition) is 1. The molecule has 0 saturated carbocycles. The van der Waals surface area contributed by atoms with Crippen molar-refractivity contribution < 1.29 is 9.21 Å². The number of hydrogen-bond acceptors (Lipinski definition) is 2. The minimum absolute atomic E-state index is 0.0787. The number of carbonyl (C=O) groups is 1. The lowest BCUT2D eigenvalue weighted by Gasteiger charge is -2.11. The molecule has 0 aliphatic rings. The first-order chi connectivity index (χ1) is 13.2. The van der Waals surface area contributed by atoms with Crippen molar-refractivity contribution in [2.24, 2.45) is 0 Å². The molecule has 27 heavy (non-hydrogen) atoms. The Morgan fingerprint density at radius 2 is 1.81 bits per heavy atom. The molecule has 2 aromatic heterocycles. The highest BCUT2D eigenvalue weighted by Gasteiger charge is 2.17. The van der Waals surface area contributed by atoms with E-state index in [2.05, 4.69) is 42.6 Å². The van der Waals surface area contributed by atoms with E-state index in [1.165, 1.54) is 11.1 Å². The molecule has 4 nitrogen and oxygen atoms in total. The monoisotopic (exact) mass is 358 g/mol. The Bertz CT molecular complexity index is 1060. The third-order valence-corrected chi connectivity index (χ3v) is 4.72. The highest BCUT2D eigenvalue weighted by atomic mass is 16.3. The number of benzene rings is 2. The summed E-state index contributed by atoms with van der Waals surface area (Å²) in [7, 11) is 0. The molecule has 0 saturated heterocycles. The van der Waals surface area contributed by atoms with Crippen LogP contribution in [0.5, 0.6) is 0 Å². The Balaban J connectivity index is 1.54. The van der Waals surface area contributed by atoms with Crippen molar-refractivity contribution in [3.63, 3.8) is 0 Å². The molecule has 0 aliphatic heterocycles. The molecule has 1 N–H and O–H groups in total. The fourth-order valence-corrected chi connectivity index (χ4v) is 3.38. The third-order valence-electron chi connectivity index (χ3n) is 4.72. The summed E-state index contributed by atoms with van der Waals surface area (Å²) in [6.45, 7) is 3.30. The molecule has 4 aromatic rings. The van der Waals surface area contributed by atoms with Crippen molar-refractivity contribution in [1.29, 1.82) is 0 Å². The van der Waals surface area contributed by atoms with E-state index in [0.717, 1.165) is 23.1 Å². The Morgan fingerprint density at radius 1 is 1.00 bits per heavy atom. The molecule has 0 spiro atoms. The van der Waals surface area contributed by atoms with Crippen LogP contribution < -0.4 is 5.32 Å². The van der Waals surface area contributed by atoms with Gasteiger partial charge in [0.05, 0.1) is 11.8 Å². The largest absolute Gasteiger partial charge is 0.463 e. The maximum absolute atomic E-state index is 12.8. The number of rotatable bonds is 6. The predicted octanol–water partition coefficient (Wildman–Crippen LogP) is 4.56. The maximum atomic E-state index is 12.8. The second kappa shape index (κ2) is 7.54. The van der Waals surface area contributed by atoms with Crippen LogP contribution in [-0.2, 0) is 13.0 Å². The topological polar surface area (TPSA) is 47.2 Å². The first-order valence-electron chi connectivity index (χ1n) is 9.15. The Kier molecular flexibility index (Phi) is 4.79. The normalized spacial score (nSPS) is 11.0. The van der Waals surface area contributed by atoms with Gasteiger partial charge in [0.25, 0.3) is 5.91 Å². The molecule has 0 aliphatic carbocycles. The van der Waals surface area contributed by atoms with E-state index >= 15 is 0 Å². The van der Waals surface area contributed by atoms with Crippen LogP contribution in [0.4, 0.5) is 0 Å². The zero-order chi connectivity index (χ0) is 18.6. The van der Waals surface area contributed by atoms with Crippen LogP contribution >= 0.6 is 0 Å². The molecule has 2 heterocycles. The zero-order valence-corrected chi connectivity index (χ0v) is 15.3. The van der Waals surface area contributed by atoms with Crippen molar-refractivity contribution in [3.8, 4) is 0 Å². The minimum Gasteiger partial charge on any atom is -0.463 e. The molecule has 1 amide bonds. The van der Waals surface area contributed by atoms with Crippen LogP contribution in [0.25, 0.3) is 11.1 Å². The van der Waals surface area contributed by atoms with Gasteiger partial charge < -0.3 is 14.3 Å². The highest BCUT2D eigenvalue weighted by molar-refractivity contribution is 5.97. The van der Waals surface area contributed by atoms with Crippen LogP contribution in [0, 0.1) is 6.92 Å². The van der Waals surface area contributed by atoms with Gasteiger partial charge in [-0.1, -0.05) is 60.2 Å². The van der Waals surface area contributed by atoms with Crippen molar-refractivity contribution >= 4 is 17.0 Å². The number of carbonyl (C=O) groups excluding carboxylic acids is 1. The summed E-state index contributed by atoms with van der Waals surface area (Å²) in [5, 5.41) is 3.03. The second-order valence-electron chi connectivity index (χ2n) is 6.77. The lowest BCUT2D eigenvalue weighted by atomic mass is 10.1. The first-order valence-corrected chi connectivity index (χ1v) is 9.15. The van der Waals surface area contributed by atoms with Gasteiger partial charge in [-0.2, -0.15) is 0 Å². The second-order valence-corrected chi connectivity index (χ2v) is 6.77. The summed E-state index contributed by atoms with van der Waals surface area (Å²) in [4.78, 5) is 12.8. The Labute approximate surface area is 158 Å². The van der Waals surface area contributed by atoms with Gasteiger partial charge in [-0.25, -0.2) is 0 Å². The van der Waals surface area contributed by atoms with Gasteiger partial charge >= 0.3 is 0 Å². The predicted molar refractivity (Wildman–Crippen MR) is 107 cm³/mol. The molecule has 0 bridgehead atoms. The van der Waals surface area contributed by atoms with Crippen LogP contribution in [-0.4, -0.2) is 17.0 Å². The quantitative estimate of drug-likeness (QED) is 0.549. The lowest BCUT2D eigenvalue weighted by Crippen LogP contribution is -2.28. The number of aromatic nitrogens is 1. The average Bonchev–Trinajstić information content (AvgIpc) is 3.25. The van der Waals surface area contributed by atoms with Crippen molar-refractivity contribution in [2.45, 2.75) is 19.9 Å². The zero-order valence-electron chi connectivity index (χ0n) is 15.3. The fraction of sp³-hybridized carbons (Fsp3) is 0.174. The van der Waals surface area contributed by atoms with Crippen LogP contribution in [0.1, 0.15) is 27.2 Å². The molecule has 2 aromatic carbocycles. The van der Waals surface area contributed by atoms with Crippen LogP contribution in [0.2, 0.25) is 0 Å². The van der Waals surface area contributed by atoms with Crippen LogP contribution in [0.3, 0.4) is 0 Å². The number of aryl methyl sites for hydroxylation is 1. The van der Waals surface area contributed by atoms with Crippen LogP contribution in [0.15, 0.2) is 77.4 Å². The summed E-state index contributed by atoms with van der Waals surface area (Å²) in [6.07, 6.45) is 2.47. The fourth-order valence-electron chi connectivity index (χ4n) is 3.38. The molecule has 4 heteroatoms. The highest BCUT2D eigenvalue weighted by Crippen LogP contribution is 2.23. The maximum Gasteiger partial charge on any atom is 0.268 e. The van der Waals surface area contributed by atoms with Gasteiger partial charge in [0.15, 0.2) is 5.58 Å². The van der Waals surface area contributed by atoms with Gasteiger partial charge in [-0.05, 0) is 24.5 Å². The van der Waals surface area contributed by atoms with Gasteiger partial charge in [0.2, 0.25) is 0 Å². The van der Waals surface area contributed by atoms with E-state index in [4.69, 9.17) is 4.42 Å². The minimum atomic E-state index is -0.0787. The number of furan rings is 1. The molecule has 136 valence electrons. The summed E-state index contributed by atoms with van der Waals surface area (Å²) >= 11 is 0. The number of nitrogens with zero attached hydrogens (tertiary/aromatic N) is 1. The number of amides is 1. The first kappa shape index (κ1) is 17.2.